The lowest BCUT2D eigenvalue weighted by Crippen LogP contribution is -2.39. The van der Waals surface area contributed by atoms with E-state index in [-0.39, 0.29) is 11.8 Å². The van der Waals surface area contributed by atoms with Crippen molar-refractivity contribution >= 4 is 27.4 Å². The normalized spacial score (nSPS) is 11.3. The molecule has 29 heavy (non-hydrogen) atoms. The van der Waals surface area contributed by atoms with Gasteiger partial charge in [-0.25, -0.2) is 13.2 Å². The molecule has 0 aliphatic carbocycles. The Morgan fingerprint density at radius 1 is 0.931 bits per heavy atom. The minimum Gasteiger partial charge on any atom is -0.319 e. The third-order valence-corrected chi connectivity index (χ3v) is 5.70. The van der Waals surface area contributed by atoms with Crippen molar-refractivity contribution in [2.24, 2.45) is 0 Å². The molecule has 7 nitrogen and oxygen atoms in total. The summed E-state index contributed by atoms with van der Waals surface area (Å²) in [6.07, 6.45) is 0.549. The van der Waals surface area contributed by atoms with Crippen molar-refractivity contribution in [2.75, 3.05) is 43.0 Å². The van der Waals surface area contributed by atoms with Crippen LogP contribution in [0.4, 0.5) is 16.2 Å². The zero-order valence-corrected chi connectivity index (χ0v) is 18.1. The maximum atomic E-state index is 12.8. The van der Waals surface area contributed by atoms with Crippen LogP contribution in [0.1, 0.15) is 18.9 Å². The van der Waals surface area contributed by atoms with Crippen molar-refractivity contribution in [3.63, 3.8) is 0 Å². The molecule has 2 aromatic carbocycles. The van der Waals surface area contributed by atoms with Gasteiger partial charge in [-0.05, 0) is 50.3 Å². The number of hydrogen-bond acceptors (Lipinski definition) is 4. The standard InChI is InChI=1S/C21H30N4O3S/c1-4-16-29(27,28)23-20-12-10-19(11-13-20)22-21(26)25(15-14-24(2)3)17-18-8-6-5-7-9-18/h5-13,23H,4,14-17H2,1-3H3,(H,22,26). The van der Waals surface area contributed by atoms with Crippen LogP contribution >= 0.6 is 0 Å². The van der Waals surface area contributed by atoms with Gasteiger partial charge in [0.2, 0.25) is 10.0 Å². The Hall–Kier alpha value is -2.58. The van der Waals surface area contributed by atoms with E-state index in [0.29, 0.717) is 30.9 Å². The molecule has 0 spiro atoms. The molecule has 0 bridgehead atoms. The van der Waals surface area contributed by atoms with E-state index in [1.54, 1.807) is 29.2 Å². The number of carbonyl (C=O) groups is 1. The summed E-state index contributed by atoms with van der Waals surface area (Å²) in [6, 6.07) is 16.3. The first-order chi connectivity index (χ1) is 13.8. The smallest absolute Gasteiger partial charge is 0.319 e. The second-order valence-electron chi connectivity index (χ2n) is 7.14. The molecule has 0 aliphatic rings. The molecular weight excluding hydrogens is 388 g/mol. The number of amides is 2. The summed E-state index contributed by atoms with van der Waals surface area (Å²) in [7, 11) is 0.604. The highest BCUT2D eigenvalue weighted by Gasteiger charge is 2.15. The van der Waals surface area contributed by atoms with Gasteiger partial charge in [-0.3, -0.25) is 4.72 Å². The maximum absolute atomic E-state index is 12.8. The molecule has 0 saturated carbocycles. The van der Waals surface area contributed by atoms with Crippen LogP contribution in [-0.4, -0.2) is 57.2 Å². The van der Waals surface area contributed by atoms with Crippen molar-refractivity contribution in [3.8, 4) is 0 Å². The maximum Gasteiger partial charge on any atom is 0.322 e. The first kappa shape index (κ1) is 22.7. The van der Waals surface area contributed by atoms with E-state index in [1.807, 2.05) is 56.3 Å². The summed E-state index contributed by atoms with van der Waals surface area (Å²) in [6.45, 7) is 3.66. The average Bonchev–Trinajstić information content (AvgIpc) is 2.67. The molecular formula is C21H30N4O3S. The van der Waals surface area contributed by atoms with Gasteiger partial charge in [0.15, 0.2) is 0 Å². The summed E-state index contributed by atoms with van der Waals surface area (Å²) < 4.78 is 26.3. The highest BCUT2D eigenvalue weighted by molar-refractivity contribution is 7.92. The molecule has 8 heteroatoms. The van der Waals surface area contributed by atoms with E-state index in [2.05, 4.69) is 10.0 Å². The topological polar surface area (TPSA) is 81.8 Å². The molecule has 2 amide bonds. The third kappa shape index (κ3) is 8.13. The molecule has 2 N–H and O–H groups in total. The van der Waals surface area contributed by atoms with Crippen LogP contribution in [0, 0.1) is 0 Å². The summed E-state index contributed by atoms with van der Waals surface area (Å²) >= 11 is 0. The van der Waals surface area contributed by atoms with Gasteiger partial charge in [-0.2, -0.15) is 0 Å². The number of nitrogens with one attached hydrogen (secondary N) is 2. The zero-order chi connectivity index (χ0) is 21.3. The van der Waals surface area contributed by atoms with Gasteiger partial charge >= 0.3 is 6.03 Å². The van der Waals surface area contributed by atoms with Crippen molar-refractivity contribution in [1.82, 2.24) is 9.80 Å². The fourth-order valence-electron chi connectivity index (χ4n) is 2.70. The SMILES string of the molecule is CCCS(=O)(=O)Nc1ccc(NC(=O)N(CCN(C)C)Cc2ccccc2)cc1. The molecule has 2 rings (SSSR count). The Bertz CT molecular complexity index is 869. The van der Waals surface area contributed by atoms with E-state index >= 15 is 0 Å². The summed E-state index contributed by atoms with van der Waals surface area (Å²) in [5, 5.41) is 2.89. The molecule has 0 fully saturated rings. The van der Waals surface area contributed by atoms with Crippen LogP contribution in [0.15, 0.2) is 54.6 Å². The number of anilines is 2. The Morgan fingerprint density at radius 2 is 1.55 bits per heavy atom. The summed E-state index contributed by atoms with van der Waals surface area (Å²) in [5.41, 5.74) is 2.14. The average molecular weight is 419 g/mol. The van der Waals surface area contributed by atoms with Gasteiger partial charge in [-0.15, -0.1) is 0 Å². The number of likely N-dealkylation sites (N-methyl/N-ethyl adjacent to an activating group) is 1. The van der Waals surface area contributed by atoms with Gasteiger partial charge in [0.05, 0.1) is 5.75 Å². The van der Waals surface area contributed by atoms with Crippen LogP contribution < -0.4 is 10.0 Å². The number of urea groups is 1. The van der Waals surface area contributed by atoms with Crippen molar-refractivity contribution < 1.29 is 13.2 Å². The van der Waals surface area contributed by atoms with E-state index in [4.69, 9.17) is 0 Å². The van der Waals surface area contributed by atoms with Crippen molar-refractivity contribution in [2.45, 2.75) is 19.9 Å². The van der Waals surface area contributed by atoms with Crippen LogP contribution in [0.25, 0.3) is 0 Å². The monoisotopic (exact) mass is 418 g/mol. The molecule has 0 aliphatic heterocycles. The van der Waals surface area contributed by atoms with E-state index in [1.165, 1.54) is 0 Å². The minimum absolute atomic E-state index is 0.0752. The fourth-order valence-corrected chi connectivity index (χ4v) is 3.84. The van der Waals surface area contributed by atoms with Gasteiger partial charge < -0.3 is 15.1 Å². The van der Waals surface area contributed by atoms with Crippen LogP contribution in [0.3, 0.4) is 0 Å². The quantitative estimate of drug-likeness (QED) is 0.619. The van der Waals surface area contributed by atoms with E-state index in [9.17, 15) is 13.2 Å². The van der Waals surface area contributed by atoms with Gasteiger partial charge in [-0.1, -0.05) is 37.3 Å². The second-order valence-corrected chi connectivity index (χ2v) is 8.98. The zero-order valence-electron chi connectivity index (χ0n) is 17.3. The predicted molar refractivity (Wildman–Crippen MR) is 119 cm³/mol. The number of sulfonamides is 1. The highest BCUT2D eigenvalue weighted by atomic mass is 32.2. The molecule has 0 aromatic heterocycles. The van der Waals surface area contributed by atoms with Crippen LogP contribution in [0.2, 0.25) is 0 Å². The van der Waals surface area contributed by atoms with E-state index in [0.717, 1.165) is 12.1 Å². The molecule has 0 heterocycles. The first-order valence-electron chi connectivity index (χ1n) is 9.64. The number of nitrogens with zero attached hydrogens (tertiary/aromatic N) is 2. The number of carbonyl (C=O) groups excluding carboxylic acids is 1. The molecule has 158 valence electrons. The fraction of sp³-hybridized carbons (Fsp3) is 0.381. The molecule has 0 atom stereocenters. The Balaban J connectivity index is 2.03. The van der Waals surface area contributed by atoms with Crippen molar-refractivity contribution in [3.05, 3.63) is 60.2 Å². The first-order valence-corrected chi connectivity index (χ1v) is 11.3. The van der Waals surface area contributed by atoms with Gasteiger partial charge in [0.1, 0.15) is 0 Å². The number of benzene rings is 2. The lowest BCUT2D eigenvalue weighted by atomic mass is 10.2. The van der Waals surface area contributed by atoms with Gasteiger partial charge in [0.25, 0.3) is 0 Å². The minimum atomic E-state index is -3.33. The lowest BCUT2D eigenvalue weighted by molar-refractivity contribution is 0.202. The Labute approximate surface area is 173 Å². The predicted octanol–water partition coefficient (Wildman–Crippen LogP) is 3.43. The van der Waals surface area contributed by atoms with E-state index < -0.39 is 10.0 Å². The van der Waals surface area contributed by atoms with Gasteiger partial charge in [0, 0.05) is 31.0 Å². The largest absolute Gasteiger partial charge is 0.322 e. The Kier molecular flexibility index (Phi) is 8.48. The van der Waals surface area contributed by atoms with Crippen LogP contribution in [0.5, 0.6) is 0 Å². The third-order valence-electron chi connectivity index (χ3n) is 4.20. The molecule has 0 radical (unpaired) electrons. The second kappa shape index (κ2) is 10.8. The molecule has 2 aromatic rings. The summed E-state index contributed by atoms with van der Waals surface area (Å²) in [5.74, 6) is 0.0752. The van der Waals surface area contributed by atoms with Crippen molar-refractivity contribution in [1.29, 1.82) is 0 Å². The number of rotatable bonds is 10. The number of hydrogen-bond donors (Lipinski definition) is 2. The summed E-state index contributed by atoms with van der Waals surface area (Å²) in [4.78, 5) is 16.6. The molecule has 0 unspecified atom stereocenters. The molecule has 0 saturated heterocycles. The van der Waals surface area contributed by atoms with Crippen LogP contribution in [-0.2, 0) is 16.6 Å². The Morgan fingerprint density at radius 3 is 2.14 bits per heavy atom. The highest BCUT2D eigenvalue weighted by Crippen LogP contribution is 2.16. The lowest BCUT2D eigenvalue weighted by Gasteiger charge is -2.25.